The molecule has 0 aliphatic rings. The third kappa shape index (κ3) is 2.83. The van der Waals surface area contributed by atoms with Crippen LogP contribution in [0.4, 0.5) is 8.78 Å². The van der Waals surface area contributed by atoms with Gasteiger partial charge in [-0.15, -0.1) is 0 Å². The molecular formula is C15H11F2IO. The van der Waals surface area contributed by atoms with Gasteiger partial charge >= 0.3 is 0 Å². The van der Waals surface area contributed by atoms with Crippen LogP contribution in [-0.2, 0) is 0 Å². The summed E-state index contributed by atoms with van der Waals surface area (Å²) in [5.74, 6) is -1.37. The molecule has 0 radical (unpaired) electrons. The number of hydrogen-bond donors (Lipinski definition) is 0. The van der Waals surface area contributed by atoms with Gasteiger partial charge in [0, 0.05) is 9.13 Å². The highest BCUT2D eigenvalue weighted by Gasteiger charge is 2.19. The van der Waals surface area contributed by atoms with Crippen LogP contribution >= 0.6 is 22.6 Å². The first-order chi connectivity index (χ1) is 8.90. The molecule has 0 saturated carbocycles. The monoisotopic (exact) mass is 372 g/mol. The largest absolute Gasteiger partial charge is 0.288 e. The van der Waals surface area contributed by atoms with E-state index in [-0.39, 0.29) is 5.56 Å². The summed E-state index contributed by atoms with van der Waals surface area (Å²) in [6.45, 7) is 3.46. The highest BCUT2D eigenvalue weighted by molar-refractivity contribution is 14.1. The maximum atomic E-state index is 14.0. The summed E-state index contributed by atoms with van der Waals surface area (Å²) >= 11 is 1.87. The molecule has 0 bridgehead atoms. The lowest BCUT2D eigenvalue weighted by Gasteiger charge is -2.09. The molecule has 1 nitrogen and oxygen atoms in total. The first kappa shape index (κ1) is 14.1. The SMILES string of the molecule is Cc1cc(C)c(C(=O)c2ccc(F)cc2I)c(F)c1. The molecule has 0 saturated heterocycles. The molecule has 0 aromatic heterocycles. The molecule has 2 rings (SSSR count). The van der Waals surface area contributed by atoms with Crippen LogP contribution in [0.2, 0.25) is 0 Å². The second-order valence-electron chi connectivity index (χ2n) is 4.39. The van der Waals surface area contributed by atoms with Crippen molar-refractivity contribution >= 4 is 28.4 Å². The fraction of sp³-hybridized carbons (Fsp3) is 0.133. The van der Waals surface area contributed by atoms with Crippen molar-refractivity contribution in [3.63, 3.8) is 0 Å². The van der Waals surface area contributed by atoms with Crippen LogP contribution in [0, 0.1) is 29.1 Å². The Morgan fingerprint density at radius 3 is 2.37 bits per heavy atom. The van der Waals surface area contributed by atoms with Gasteiger partial charge in [0.15, 0.2) is 5.78 Å². The first-order valence-electron chi connectivity index (χ1n) is 5.66. The molecule has 0 amide bonds. The number of carbonyl (C=O) groups is 1. The molecule has 19 heavy (non-hydrogen) atoms. The van der Waals surface area contributed by atoms with Crippen LogP contribution < -0.4 is 0 Å². The van der Waals surface area contributed by atoms with Crippen LogP contribution in [0.15, 0.2) is 30.3 Å². The van der Waals surface area contributed by atoms with Gasteiger partial charge in [-0.1, -0.05) is 6.07 Å². The van der Waals surface area contributed by atoms with Crippen molar-refractivity contribution in [2.75, 3.05) is 0 Å². The Labute approximate surface area is 123 Å². The van der Waals surface area contributed by atoms with Crippen LogP contribution in [0.25, 0.3) is 0 Å². The molecule has 0 N–H and O–H groups in total. The molecule has 0 aliphatic heterocycles. The van der Waals surface area contributed by atoms with E-state index in [0.717, 1.165) is 5.56 Å². The molecule has 4 heteroatoms. The van der Waals surface area contributed by atoms with Crippen molar-refractivity contribution in [2.45, 2.75) is 13.8 Å². The van der Waals surface area contributed by atoms with E-state index in [9.17, 15) is 13.6 Å². The molecule has 2 aromatic rings. The zero-order chi connectivity index (χ0) is 14.2. The molecule has 0 fully saturated rings. The summed E-state index contributed by atoms with van der Waals surface area (Å²) in [6.07, 6.45) is 0. The Kier molecular flexibility index (Phi) is 3.99. The highest BCUT2D eigenvalue weighted by atomic mass is 127. The van der Waals surface area contributed by atoms with Gasteiger partial charge in [-0.3, -0.25) is 4.79 Å². The Balaban J connectivity index is 2.56. The quantitative estimate of drug-likeness (QED) is 0.564. The predicted molar refractivity (Wildman–Crippen MR) is 78.4 cm³/mol. The Bertz CT molecular complexity index is 642. The number of carbonyl (C=O) groups excluding carboxylic acids is 1. The molecule has 0 aliphatic carbocycles. The van der Waals surface area contributed by atoms with E-state index in [4.69, 9.17) is 0 Å². The Hall–Kier alpha value is -1.30. The number of halogens is 3. The van der Waals surface area contributed by atoms with E-state index in [1.54, 1.807) is 19.9 Å². The third-order valence-electron chi connectivity index (χ3n) is 2.83. The van der Waals surface area contributed by atoms with Crippen LogP contribution in [0.5, 0.6) is 0 Å². The van der Waals surface area contributed by atoms with Crippen molar-refractivity contribution in [3.8, 4) is 0 Å². The molecule has 2 aromatic carbocycles. The second kappa shape index (κ2) is 5.36. The van der Waals surface area contributed by atoms with Gasteiger partial charge < -0.3 is 0 Å². The van der Waals surface area contributed by atoms with Crippen molar-refractivity contribution in [3.05, 3.63) is 67.8 Å². The van der Waals surface area contributed by atoms with E-state index in [2.05, 4.69) is 0 Å². The van der Waals surface area contributed by atoms with Crippen LogP contribution in [-0.4, -0.2) is 5.78 Å². The van der Waals surface area contributed by atoms with Gasteiger partial charge in [-0.25, -0.2) is 8.78 Å². The first-order valence-corrected chi connectivity index (χ1v) is 6.74. The second-order valence-corrected chi connectivity index (χ2v) is 5.55. The van der Waals surface area contributed by atoms with Gasteiger partial charge in [-0.2, -0.15) is 0 Å². The summed E-state index contributed by atoms with van der Waals surface area (Å²) in [5.41, 5.74) is 1.71. The lowest BCUT2D eigenvalue weighted by atomic mass is 9.97. The maximum Gasteiger partial charge on any atom is 0.197 e. The molecule has 0 unspecified atom stereocenters. The zero-order valence-corrected chi connectivity index (χ0v) is 12.6. The van der Waals surface area contributed by atoms with E-state index in [1.807, 2.05) is 22.6 Å². The average molecular weight is 372 g/mol. The van der Waals surface area contributed by atoms with Gasteiger partial charge in [-0.05, 0) is 71.8 Å². The van der Waals surface area contributed by atoms with Crippen LogP contribution in [0.1, 0.15) is 27.0 Å². The Morgan fingerprint density at radius 2 is 1.79 bits per heavy atom. The van der Waals surface area contributed by atoms with E-state index in [1.165, 1.54) is 24.3 Å². The maximum absolute atomic E-state index is 14.0. The average Bonchev–Trinajstić information content (AvgIpc) is 2.26. The standard InChI is InChI=1S/C15H11F2IO/c1-8-5-9(2)14(12(17)6-8)15(19)11-4-3-10(16)7-13(11)18/h3-7H,1-2H3. The predicted octanol–water partition coefficient (Wildman–Crippen LogP) is 4.42. The van der Waals surface area contributed by atoms with E-state index in [0.29, 0.717) is 14.7 Å². The van der Waals surface area contributed by atoms with Gasteiger partial charge in [0.1, 0.15) is 11.6 Å². The summed E-state index contributed by atoms with van der Waals surface area (Å²) in [4.78, 5) is 12.4. The smallest absolute Gasteiger partial charge is 0.197 e. The number of hydrogen-bond acceptors (Lipinski definition) is 1. The third-order valence-corrected chi connectivity index (χ3v) is 3.73. The lowest BCUT2D eigenvalue weighted by Crippen LogP contribution is -2.09. The highest BCUT2D eigenvalue weighted by Crippen LogP contribution is 2.23. The summed E-state index contributed by atoms with van der Waals surface area (Å²) < 4.78 is 27.5. The topological polar surface area (TPSA) is 17.1 Å². The van der Waals surface area contributed by atoms with Gasteiger partial charge in [0.05, 0.1) is 5.56 Å². The summed E-state index contributed by atoms with van der Waals surface area (Å²) in [7, 11) is 0. The number of aryl methyl sites for hydroxylation is 2. The normalized spacial score (nSPS) is 10.6. The van der Waals surface area contributed by atoms with Crippen molar-refractivity contribution < 1.29 is 13.6 Å². The lowest BCUT2D eigenvalue weighted by molar-refractivity contribution is 0.103. The molecule has 0 atom stereocenters. The molecule has 0 heterocycles. The van der Waals surface area contributed by atoms with Crippen LogP contribution in [0.3, 0.4) is 0 Å². The zero-order valence-electron chi connectivity index (χ0n) is 10.4. The van der Waals surface area contributed by atoms with Gasteiger partial charge in [0.2, 0.25) is 0 Å². The van der Waals surface area contributed by atoms with Crippen molar-refractivity contribution in [1.82, 2.24) is 0 Å². The minimum absolute atomic E-state index is 0.0510. The van der Waals surface area contributed by atoms with Gasteiger partial charge in [0.25, 0.3) is 0 Å². The number of ketones is 1. The summed E-state index contributed by atoms with van der Waals surface area (Å²) in [6, 6.07) is 6.94. The Morgan fingerprint density at radius 1 is 1.11 bits per heavy atom. The minimum atomic E-state index is -0.539. The van der Waals surface area contributed by atoms with Crippen molar-refractivity contribution in [1.29, 1.82) is 0 Å². The van der Waals surface area contributed by atoms with E-state index >= 15 is 0 Å². The number of rotatable bonds is 2. The fourth-order valence-electron chi connectivity index (χ4n) is 2.01. The van der Waals surface area contributed by atoms with E-state index < -0.39 is 17.4 Å². The fourth-order valence-corrected chi connectivity index (χ4v) is 2.73. The molecule has 0 spiro atoms. The molecule has 98 valence electrons. The number of benzene rings is 2. The summed E-state index contributed by atoms with van der Waals surface area (Å²) in [5, 5.41) is 0. The minimum Gasteiger partial charge on any atom is -0.288 e. The van der Waals surface area contributed by atoms with Crippen molar-refractivity contribution in [2.24, 2.45) is 0 Å². The molecular weight excluding hydrogens is 361 g/mol.